The summed E-state index contributed by atoms with van der Waals surface area (Å²) >= 11 is 0. The Kier molecular flexibility index (Phi) is 4.39. The van der Waals surface area contributed by atoms with E-state index in [9.17, 15) is 13.2 Å². The summed E-state index contributed by atoms with van der Waals surface area (Å²) in [6.45, 7) is 5.59. The summed E-state index contributed by atoms with van der Waals surface area (Å²) in [4.78, 5) is 12.4. The van der Waals surface area contributed by atoms with Gasteiger partial charge in [-0.25, -0.2) is 13.1 Å². The molecule has 0 saturated carbocycles. The number of hydrogen-bond donors (Lipinski definition) is 1. The van der Waals surface area contributed by atoms with Crippen LogP contribution in [-0.4, -0.2) is 18.9 Å². The molecule has 0 radical (unpaired) electrons. The summed E-state index contributed by atoms with van der Waals surface area (Å²) in [5.74, 6) is -0.567. The van der Waals surface area contributed by atoms with Crippen LogP contribution < -0.4 is 4.72 Å². The molecule has 130 valence electrons. The molecule has 5 nitrogen and oxygen atoms in total. The van der Waals surface area contributed by atoms with Gasteiger partial charge in [0.25, 0.3) is 15.9 Å². The molecule has 3 aromatic rings. The summed E-state index contributed by atoms with van der Waals surface area (Å²) in [5.41, 5.74) is 3.67. The third kappa shape index (κ3) is 3.44. The van der Waals surface area contributed by atoms with Gasteiger partial charge in [-0.05, 0) is 61.5 Å². The van der Waals surface area contributed by atoms with Gasteiger partial charge in [0, 0.05) is 11.2 Å². The Labute approximate surface area is 147 Å². The Hall–Kier alpha value is -2.60. The lowest BCUT2D eigenvalue weighted by atomic mass is 10.1. The number of rotatable bonds is 4. The van der Waals surface area contributed by atoms with Crippen LogP contribution in [0.5, 0.6) is 0 Å². The highest BCUT2D eigenvalue weighted by Crippen LogP contribution is 2.19. The Morgan fingerprint density at radius 1 is 1.00 bits per heavy atom. The van der Waals surface area contributed by atoms with E-state index in [1.54, 1.807) is 16.7 Å². The number of hydrogen-bond acceptors (Lipinski definition) is 3. The van der Waals surface area contributed by atoms with Crippen LogP contribution in [0.2, 0.25) is 0 Å². The van der Waals surface area contributed by atoms with Crippen LogP contribution >= 0.6 is 0 Å². The van der Waals surface area contributed by atoms with Crippen molar-refractivity contribution in [3.05, 3.63) is 65.4 Å². The molecule has 0 fully saturated rings. The largest absolute Gasteiger partial charge is 0.335 e. The number of para-hydroxylation sites is 1. The molecule has 0 bridgehead atoms. The Bertz CT molecular complexity index is 1070. The van der Waals surface area contributed by atoms with Gasteiger partial charge in [0.15, 0.2) is 0 Å². The molecule has 1 N–H and O–H groups in total. The monoisotopic (exact) mass is 356 g/mol. The van der Waals surface area contributed by atoms with E-state index in [2.05, 4.69) is 4.72 Å². The minimum Gasteiger partial charge on any atom is -0.335 e. The molecule has 3 rings (SSSR count). The molecular formula is C19H20N2O3S. The van der Waals surface area contributed by atoms with E-state index >= 15 is 0 Å². The van der Waals surface area contributed by atoms with Gasteiger partial charge in [-0.3, -0.25) is 4.79 Å². The number of benzene rings is 2. The minimum atomic E-state index is -3.88. The average Bonchev–Trinajstić information content (AvgIpc) is 2.85. The molecule has 25 heavy (non-hydrogen) atoms. The molecule has 6 heteroatoms. The van der Waals surface area contributed by atoms with Crippen molar-refractivity contribution in [1.82, 2.24) is 9.29 Å². The van der Waals surface area contributed by atoms with Crippen LogP contribution in [-0.2, 0) is 21.4 Å². The molecule has 0 unspecified atom stereocenters. The van der Waals surface area contributed by atoms with Crippen molar-refractivity contribution in [3.63, 3.8) is 0 Å². The van der Waals surface area contributed by atoms with Gasteiger partial charge in [0.05, 0.1) is 4.90 Å². The van der Waals surface area contributed by atoms with E-state index in [0.29, 0.717) is 0 Å². The first-order valence-corrected chi connectivity index (χ1v) is 9.44. The van der Waals surface area contributed by atoms with Crippen molar-refractivity contribution in [2.45, 2.75) is 32.2 Å². The number of aromatic nitrogens is 1. The van der Waals surface area contributed by atoms with Gasteiger partial charge in [0.2, 0.25) is 0 Å². The predicted octanol–water partition coefficient (Wildman–Crippen LogP) is 3.07. The van der Waals surface area contributed by atoms with Gasteiger partial charge in [-0.1, -0.05) is 24.3 Å². The molecule has 0 saturated heterocycles. The van der Waals surface area contributed by atoms with Crippen molar-refractivity contribution in [2.24, 2.45) is 0 Å². The number of amides is 1. The smallest absolute Gasteiger partial charge is 0.264 e. The molecule has 1 amide bonds. The first-order valence-electron chi connectivity index (χ1n) is 7.96. The first kappa shape index (κ1) is 17.2. The van der Waals surface area contributed by atoms with Crippen molar-refractivity contribution < 1.29 is 13.2 Å². The molecule has 1 heterocycles. The van der Waals surface area contributed by atoms with E-state index < -0.39 is 15.9 Å². The Morgan fingerprint density at radius 3 is 2.44 bits per heavy atom. The second kappa shape index (κ2) is 6.37. The lowest BCUT2D eigenvalue weighted by Gasteiger charge is -2.11. The van der Waals surface area contributed by atoms with Crippen LogP contribution in [0.1, 0.15) is 16.8 Å². The predicted molar refractivity (Wildman–Crippen MR) is 97.9 cm³/mol. The zero-order valence-electron chi connectivity index (χ0n) is 14.4. The maximum atomic E-state index is 12.4. The van der Waals surface area contributed by atoms with Gasteiger partial charge in [0.1, 0.15) is 6.54 Å². The average molecular weight is 356 g/mol. The van der Waals surface area contributed by atoms with Crippen LogP contribution in [0.25, 0.3) is 10.9 Å². The highest BCUT2D eigenvalue weighted by molar-refractivity contribution is 7.90. The van der Waals surface area contributed by atoms with Crippen molar-refractivity contribution in [3.8, 4) is 0 Å². The van der Waals surface area contributed by atoms with Crippen molar-refractivity contribution in [1.29, 1.82) is 0 Å². The molecule has 0 aliphatic heterocycles. The summed E-state index contributed by atoms with van der Waals surface area (Å²) in [5, 5.41) is 1.02. The number of carbonyl (C=O) groups is 1. The highest BCUT2D eigenvalue weighted by atomic mass is 32.2. The third-order valence-electron chi connectivity index (χ3n) is 4.36. The van der Waals surface area contributed by atoms with E-state index in [1.807, 2.05) is 51.1 Å². The highest BCUT2D eigenvalue weighted by Gasteiger charge is 2.19. The molecule has 1 aromatic heterocycles. The lowest BCUT2D eigenvalue weighted by Crippen LogP contribution is -2.33. The number of nitrogens with one attached hydrogen (secondary N) is 1. The number of fused-ring (bicyclic) bond motifs is 1. The van der Waals surface area contributed by atoms with E-state index in [-0.39, 0.29) is 11.4 Å². The summed E-state index contributed by atoms with van der Waals surface area (Å²) in [7, 11) is -3.88. The zero-order chi connectivity index (χ0) is 18.2. The fraction of sp³-hybridized carbons (Fsp3) is 0.211. The fourth-order valence-corrected chi connectivity index (χ4v) is 3.89. The van der Waals surface area contributed by atoms with E-state index in [4.69, 9.17) is 0 Å². The number of nitrogens with zero attached hydrogens (tertiary/aromatic N) is 1. The molecule has 0 spiro atoms. The van der Waals surface area contributed by atoms with E-state index in [1.165, 1.54) is 6.07 Å². The molecule has 0 aliphatic carbocycles. The topological polar surface area (TPSA) is 68.2 Å². The lowest BCUT2D eigenvalue weighted by molar-refractivity contribution is -0.119. The first-order chi connectivity index (χ1) is 11.8. The van der Waals surface area contributed by atoms with Gasteiger partial charge in [-0.2, -0.15) is 0 Å². The van der Waals surface area contributed by atoms with Crippen LogP contribution in [0.4, 0.5) is 0 Å². The second-order valence-corrected chi connectivity index (χ2v) is 7.89. The minimum absolute atomic E-state index is 0.0522. The summed E-state index contributed by atoms with van der Waals surface area (Å²) in [6, 6.07) is 14.5. The normalized spacial score (nSPS) is 11.6. The Morgan fingerprint density at radius 2 is 1.72 bits per heavy atom. The molecule has 0 atom stereocenters. The zero-order valence-corrected chi connectivity index (χ0v) is 15.2. The SMILES string of the molecule is Cc1ccc(S(=O)(=O)NC(=O)Cn2c(C)cc3ccccc32)cc1C. The van der Waals surface area contributed by atoms with Crippen LogP contribution in [0, 0.1) is 20.8 Å². The molecular weight excluding hydrogens is 336 g/mol. The Balaban J connectivity index is 1.84. The van der Waals surface area contributed by atoms with Crippen molar-refractivity contribution >= 4 is 26.8 Å². The third-order valence-corrected chi connectivity index (χ3v) is 5.73. The summed E-state index contributed by atoms with van der Waals surface area (Å²) in [6.07, 6.45) is 0. The number of aryl methyl sites for hydroxylation is 3. The van der Waals surface area contributed by atoms with Crippen LogP contribution in [0.15, 0.2) is 53.4 Å². The van der Waals surface area contributed by atoms with Gasteiger partial charge < -0.3 is 4.57 Å². The number of sulfonamides is 1. The quantitative estimate of drug-likeness (QED) is 0.781. The van der Waals surface area contributed by atoms with E-state index in [0.717, 1.165) is 27.7 Å². The van der Waals surface area contributed by atoms with Gasteiger partial charge in [-0.15, -0.1) is 0 Å². The molecule has 0 aliphatic rings. The second-order valence-electron chi connectivity index (χ2n) is 6.21. The maximum Gasteiger partial charge on any atom is 0.264 e. The standard InChI is InChI=1S/C19H20N2O3S/c1-13-8-9-17(10-14(13)2)25(23,24)20-19(22)12-21-15(3)11-16-6-4-5-7-18(16)21/h4-11H,12H2,1-3H3,(H,20,22). The summed E-state index contributed by atoms with van der Waals surface area (Å²) < 4.78 is 28.9. The molecule has 2 aromatic carbocycles. The van der Waals surface area contributed by atoms with Crippen molar-refractivity contribution in [2.75, 3.05) is 0 Å². The van der Waals surface area contributed by atoms with Crippen LogP contribution in [0.3, 0.4) is 0 Å². The fourth-order valence-electron chi connectivity index (χ4n) is 2.82. The maximum absolute atomic E-state index is 12.4. The number of carbonyl (C=O) groups excluding carboxylic acids is 1. The van der Waals surface area contributed by atoms with Gasteiger partial charge >= 0.3 is 0 Å².